The summed E-state index contributed by atoms with van der Waals surface area (Å²) in [6.07, 6.45) is 6.91. The molecular weight excluding hydrogens is 186 g/mol. The van der Waals surface area contributed by atoms with Crippen LogP contribution >= 0.6 is 0 Å². The van der Waals surface area contributed by atoms with Gasteiger partial charge in [0.05, 0.1) is 12.1 Å². The minimum atomic E-state index is 0.344. The summed E-state index contributed by atoms with van der Waals surface area (Å²) in [5, 5.41) is 1.12. The van der Waals surface area contributed by atoms with E-state index < -0.39 is 0 Å². The summed E-state index contributed by atoms with van der Waals surface area (Å²) < 4.78 is 5.31. The second-order valence-electron chi connectivity index (χ2n) is 3.18. The number of hydrogen-bond acceptors (Lipinski definition) is 2. The molecule has 0 atom stereocenters. The van der Waals surface area contributed by atoms with Gasteiger partial charge in [-0.15, -0.1) is 6.42 Å². The molecule has 0 saturated carbocycles. The summed E-state index contributed by atoms with van der Waals surface area (Å²) in [7, 11) is 0. The highest BCUT2D eigenvalue weighted by molar-refractivity contribution is 5.81. The number of nitrogens with zero attached hydrogens (tertiary/aromatic N) is 1. The van der Waals surface area contributed by atoms with E-state index in [2.05, 4.69) is 10.9 Å². The van der Waals surface area contributed by atoms with E-state index >= 15 is 0 Å². The first-order chi connectivity index (χ1) is 7.42. The third kappa shape index (κ3) is 2.15. The maximum Gasteiger partial charge on any atom is 0.107 e. The molecule has 0 N–H and O–H groups in total. The van der Waals surface area contributed by atoms with Crippen molar-refractivity contribution in [2.75, 3.05) is 6.61 Å². The Morgan fingerprint density at radius 1 is 1.27 bits per heavy atom. The Morgan fingerprint density at radius 2 is 2.13 bits per heavy atom. The van der Waals surface area contributed by atoms with E-state index in [4.69, 9.17) is 11.2 Å². The average molecular weight is 197 g/mol. The third-order valence-corrected chi connectivity index (χ3v) is 2.18. The van der Waals surface area contributed by atoms with Gasteiger partial charge in [-0.05, 0) is 17.7 Å². The quantitative estimate of drug-likeness (QED) is 0.556. The van der Waals surface area contributed by atoms with Crippen molar-refractivity contribution in [3.8, 4) is 12.3 Å². The lowest BCUT2D eigenvalue weighted by Crippen LogP contribution is -1.94. The number of ether oxygens (including phenoxy) is 1. The molecule has 0 bridgehead atoms. The monoisotopic (exact) mass is 197 g/mol. The van der Waals surface area contributed by atoms with E-state index in [1.165, 1.54) is 0 Å². The molecule has 0 aliphatic carbocycles. The zero-order valence-corrected chi connectivity index (χ0v) is 8.31. The highest BCUT2D eigenvalue weighted by atomic mass is 16.5. The number of hydrogen-bond donors (Lipinski definition) is 0. The van der Waals surface area contributed by atoms with Crippen molar-refractivity contribution >= 4 is 10.9 Å². The molecule has 0 spiro atoms. The van der Waals surface area contributed by atoms with E-state index in [1.54, 1.807) is 6.20 Å². The minimum Gasteiger partial charge on any atom is -0.364 e. The summed E-state index contributed by atoms with van der Waals surface area (Å²) in [4.78, 5) is 4.27. The van der Waals surface area contributed by atoms with Crippen LogP contribution in [0.2, 0.25) is 0 Å². The lowest BCUT2D eigenvalue weighted by molar-refractivity contribution is 0.154. The van der Waals surface area contributed by atoms with Gasteiger partial charge in [-0.3, -0.25) is 4.98 Å². The van der Waals surface area contributed by atoms with E-state index in [0.717, 1.165) is 16.5 Å². The summed E-state index contributed by atoms with van der Waals surface area (Å²) >= 11 is 0. The number of para-hydroxylation sites is 1. The molecule has 2 aromatic rings. The standard InChI is InChI=1S/C13H11NO/c1-2-9-15-10-11-7-8-14-13-6-4-3-5-12(11)13/h1,3-8H,9-10H2. The van der Waals surface area contributed by atoms with Crippen molar-refractivity contribution in [1.82, 2.24) is 4.98 Å². The highest BCUT2D eigenvalue weighted by Gasteiger charge is 2.00. The Balaban J connectivity index is 2.31. The lowest BCUT2D eigenvalue weighted by Gasteiger charge is -2.04. The van der Waals surface area contributed by atoms with Crippen LogP contribution in [-0.4, -0.2) is 11.6 Å². The maximum atomic E-state index is 5.31. The first kappa shape index (κ1) is 9.70. The number of terminal acetylenes is 1. The van der Waals surface area contributed by atoms with Crippen molar-refractivity contribution in [2.45, 2.75) is 6.61 Å². The second-order valence-corrected chi connectivity index (χ2v) is 3.18. The SMILES string of the molecule is C#CCOCc1ccnc2ccccc12. The van der Waals surface area contributed by atoms with Crippen molar-refractivity contribution in [3.05, 3.63) is 42.1 Å². The van der Waals surface area contributed by atoms with E-state index in [0.29, 0.717) is 13.2 Å². The van der Waals surface area contributed by atoms with Crippen LogP contribution in [0.15, 0.2) is 36.5 Å². The lowest BCUT2D eigenvalue weighted by atomic mass is 10.1. The maximum absolute atomic E-state index is 5.31. The molecule has 0 radical (unpaired) electrons. The fourth-order valence-corrected chi connectivity index (χ4v) is 1.50. The van der Waals surface area contributed by atoms with Gasteiger partial charge in [0.15, 0.2) is 0 Å². The molecule has 0 fully saturated rings. The molecule has 0 aliphatic rings. The summed E-state index contributed by atoms with van der Waals surface area (Å²) in [6, 6.07) is 9.95. The molecule has 2 nitrogen and oxygen atoms in total. The Bertz CT molecular complexity index is 494. The topological polar surface area (TPSA) is 22.1 Å². The van der Waals surface area contributed by atoms with Crippen LogP contribution in [-0.2, 0) is 11.3 Å². The fraction of sp³-hybridized carbons (Fsp3) is 0.154. The average Bonchev–Trinajstić information content (AvgIpc) is 2.30. The van der Waals surface area contributed by atoms with Gasteiger partial charge < -0.3 is 4.74 Å². The van der Waals surface area contributed by atoms with Gasteiger partial charge in [-0.25, -0.2) is 0 Å². The van der Waals surface area contributed by atoms with Crippen LogP contribution in [0.25, 0.3) is 10.9 Å². The fourth-order valence-electron chi connectivity index (χ4n) is 1.50. The molecule has 1 aromatic carbocycles. The zero-order chi connectivity index (χ0) is 10.5. The smallest absolute Gasteiger partial charge is 0.107 e. The van der Waals surface area contributed by atoms with Crippen LogP contribution in [0.1, 0.15) is 5.56 Å². The molecule has 0 saturated heterocycles. The van der Waals surface area contributed by atoms with Gasteiger partial charge in [0.1, 0.15) is 6.61 Å². The number of aromatic nitrogens is 1. The normalized spacial score (nSPS) is 10.1. The van der Waals surface area contributed by atoms with Crippen LogP contribution in [0.3, 0.4) is 0 Å². The Kier molecular flexibility index (Phi) is 2.96. The second kappa shape index (κ2) is 4.59. The molecule has 0 unspecified atom stereocenters. The van der Waals surface area contributed by atoms with Gasteiger partial charge in [-0.1, -0.05) is 24.1 Å². The molecular formula is C13H11NO. The molecule has 2 rings (SSSR count). The predicted octanol–water partition coefficient (Wildman–Crippen LogP) is 2.38. The third-order valence-electron chi connectivity index (χ3n) is 2.18. The highest BCUT2D eigenvalue weighted by Crippen LogP contribution is 2.16. The predicted molar refractivity (Wildman–Crippen MR) is 60.2 cm³/mol. The van der Waals surface area contributed by atoms with E-state index in [9.17, 15) is 0 Å². The summed E-state index contributed by atoms with van der Waals surface area (Å²) in [6.45, 7) is 0.879. The molecule has 74 valence electrons. The van der Waals surface area contributed by atoms with Gasteiger partial charge >= 0.3 is 0 Å². The van der Waals surface area contributed by atoms with Crippen LogP contribution < -0.4 is 0 Å². The van der Waals surface area contributed by atoms with Gasteiger partial charge in [0, 0.05) is 11.6 Å². The van der Waals surface area contributed by atoms with Gasteiger partial charge in [-0.2, -0.15) is 0 Å². The summed E-state index contributed by atoms with van der Waals surface area (Å²) in [5.41, 5.74) is 2.11. The molecule has 2 heteroatoms. The molecule has 1 heterocycles. The van der Waals surface area contributed by atoms with Gasteiger partial charge in [0.2, 0.25) is 0 Å². The molecule has 0 aliphatic heterocycles. The van der Waals surface area contributed by atoms with Crippen molar-refractivity contribution in [2.24, 2.45) is 0 Å². The Morgan fingerprint density at radius 3 is 3.00 bits per heavy atom. The summed E-state index contributed by atoms with van der Waals surface area (Å²) in [5.74, 6) is 2.45. The number of rotatable bonds is 3. The van der Waals surface area contributed by atoms with Crippen LogP contribution in [0, 0.1) is 12.3 Å². The van der Waals surface area contributed by atoms with E-state index in [1.807, 2.05) is 30.3 Å². The molecule has 0 amide bonds. The first-order valence-electron chi connectivity index (χ1n) is 4.75. The van der Waals surface area contributed by atoms with Gasteiger partial charge in [0.25, 0.3) is 0 Å². The number of fused-ring (bicyclic) bond motifs is 1. The van der Waals surface area contributed by atoms with Crippen molar-refractivity contribution < 1.29 is 4.74 Å². The van der Waals surface area contributed by atoms with Crippen LogP contribution in [0.4, 0.5) is 0 Å². The zero-order valence-electron chi connectivity index (χ0n) is 8.31. The minimum absolute atomic E-state index is 0.344. The largest absolute Gasteiger partial charge is 0.364 e. The first-order valence-corrected chi connectivity index (χ1v) is 4.75. The molecule has 1 aromatic heterocycles. The van der Waals surface area contributed by atoms with E-state index in [-0.39, 0.29) is 0 Å². The number of pyridine rings is 1. The Hall–Kier alpha value is -1.85. The molecule has 15 heavy (non-hydrogen) atoms. The van der Waals surface area contributed by atoms with Crippen molar-refractivity contribution in [1.29, 1.82) is 0 Å². The Labute approximate surface area is 88.9 Å². The number of benzene rings is 1. The van der Waals surface area contributed by atoms with Crippen molar-refractivity contribution in [3.63, 3.8) is 0 Å². The van der Waals surface area contributed by atoms with Crippen LogP contribution in [0.5, 0.6) is 0 Å².